The van der Waals surface area contributed by atoms with Gasteiger partial charge in [0.1, 0.15) is 16.9 Å². The van der Waals surface area contributed by atoms with Gasteiger partial charge in [-0.2, -0.15) is 0 Å². The van der Waals surface area contributed by atoms with Crippen LogP contribution in [0.2, 0.25) is 0 Å². The third-order valence-corrected chi connectivity index (χ3v) is 9.74. The van der Waals surface area contributed by atoms with Crippen LogP contribution in [0.5, 0.6) is 28.7 Å². The molecule has 12 heteroatoms. The number of carbonyl (C=O) groups is 1. The molecule has 0 radical (unpaired) electrons. The summed E-state index contributed by atoms with van der Waals surface area (Å²) in [5, 5.41) is -0.199. The molecule has 9 nitrogen and oxygen atoms in total. The van der Waals surface area contributed by atoms with Crippen LogP contribution in [0.15, 0.2) is 59.5 Å². The first-order chi connectivity index (χ1) is 21.9. The van der Waals surface area contributed by atoms with Gasteiger partial charge in [0.2, 0.25) is 11.7 Å². The molecule has 258 valence electrons. The fraction of sp³-hybridized carbons (Fsp3) is 0.457. The van der Waals surface area contributed by atoms with Gasteiger partial charge in [0.05, 0.1) is 40.7 Å². The number of hydrogen-bond donors (Lipinski definition) is 0. The van der Waals surface area contributed by atoms with Crippen LogP contribution in [0.4, 0.5) is 5.69 Å². The lowest BCUT2D eigenvalue weighted by atomic mass is 10.1. The summed E-state index contributed by atoms with van der Waals surface area (Å²) in [6, 6.07) is 18.0. The van der Waals surface area contributed by atoms with Gasteiger partial charge in [0.25, 0.3) is 0 Å². The second-order valence-corrected chi connectivity index (χ2v) is 12.4. The molecule has 1 fully saturated rings. The first-order valence-electron chi connectivity index (χ1n) is 15.6. The van der Waals surface area contributed by atoms with Crippen molar-refractivity contribution in [3.8, 4) is 28.7 Å². The number of nitrogens with zero attached hydrogens (tertiary/aromatic N) is 3. The Kier molecular flexibility index (Phi) is 15.1. The van der Waals surface area contributed by atoms with Crippen molar-refractivity contribution in [3.63, 3.8) is 0 Å². The minimum Gasteiger partial charge on any atom is -0.497 e. The number of para-hydroxylation sites is 1. The number of thioether (sulfide) groups is 1. The summed E-state index contributed by atoms with van der Waals surface area (Å²) in [6.45, 7) is 8.55. The molecule has 0 aromatic heterocycles. The zero-order chi connectivity index (χ0) is 31.8. The lowest BCUT2D eigenvalue weighted by Gasteiger charge is -2.34. The van der Waals surface area contributed by atoms with Gasteiger partial charge >= 0.3 is 0 Å². The third-order valence-electron chi connectivity index (χ3n) is 8.45. The number of anilines is 1. The van der Waals surface area contributed by atoms with E-state index in [0.717, 1.165) is 86.2 Å². The van der Waals surface area contributed by atoms with E-state index in [1.165, 1.54) is 5.56 Å². The van der Waals surface area contributed by atoms with Crippen molar-refractivity contribution in [1.29, 1.82) is 0 Å². The fourth-order valence-corrected chi connectivity index (χ4v) is 7.36. The molecule has 0 N–H and O–H groups in total. The normalized spacial score (nSPS) is 16.0. The summed E-state index contributed by atoms with van der Waals surface area (Å²) in [4.78, 5) is 20.7. The summed E-state index contributed by atoms with van der Waals surface area (Å²) in [5.41, 5.74) is 3.07. The molecular weight excluding hydrogens is 661 g/mol. The smallest absolute Gasteiger partial charge is 0.225 e. The molecule has 2 aliphatic heterocycles. The first kappa shape index (κ1) is 38.4. The Hall–Kier alpha value is -3.02. The number of piperazine rings is 1. The average molecular weight is 709 g/mol. The summed E-state index contributed by atoms with van der Waals surface area (Å²) in [5.74, 6) is 3.58. The van der Waals surface area contributed by atoms with Crippen molar-refractivity contribution in [3.05, 3.63) is 65.7 Å². The topological polar surface area (TPSA) is 72.9 Å². The third kappa shape index (κ3) is 9.32. The van der Waals surface area contributed by atoms with Gasteiger partial charge in [-0.15, -0.1) is 24.8 Å². The van der Waals surface area contributed by atoms with Crippen LogP contribution in [0.25, 0.3) is 0 Å². The van der Waals surface area contributed by atoms with Crippen LogP contribution < -0.4 is 28.6 Å². The summed E-state index contributed by atoms with van der Waals surface area (Å²) < 4.78 is 28.4. The van der Waals surface area contributed by atoms with Crippen molar-refractivity contribution in [1.82, 2.24) is 9.80 Å². The van der Waals surface area contributed by atoms with Crippen LogP contribution in [0.1, 0.15) is 36.3 Å². The number of carbonyl (C=O) groups excluding carboxylic acids is 1. The van der Waals surface area contributed by atoms with E-state index in [2.05, 4.69) is 15.9 Å². The maximum absolute atomic E-state index is 12.7. The van der Waals surface area contributed by atoms with Crippen LogP contribution in [-0.4, -0.2) is 90.0 Å². The van der Waals surface area contributed by atoms with Crippen molar-refractivity contribution >= 4 is 48.2 Å². The van der Waals surface area contributed by atoms with Gasteiger partial charge in [-0.25, -0.2) is 0 Å². The molecular formula is C35H47Cl2N3O6S. The standard InChI is InChI=1S/C35H45N3O6S.2ClH/c1-25(39)38-29-10-6-7-11-33(29)45-35(38)28-24-27(40-2)12-13-30(28)44-21-9-8-15-36-17-19-37(20-18-36)16-14-26-22-31(41-3)34(43-5)32(23-26)42-4;;/h6-7,10-13,22-24,35H,8-9,14-21H2,1-5H3;2*1H. The number of rotatable bonds is 14. The van der Waals surface area contributed by atoms with E-state index >= 15 is 0 Å². The van der Waals surface area contributed by atoms with E-state index in [1.807, 2.05) is 53.4 Å². The zero-order valence-corrected chi connectivity index (χ0v) is 30.3. The molecule has 1 atom stereocenters. The first-order valence-corrected chi connectivity index (χ1v) is 16.4. The molecule has 3 aromatic carbocycles. The van der Waals surface area contributed by atoms with Crippen LogP contribution in [0, 0.1) is 0 Å². The maximum atomic E-state index is 12.7. The van der Waals surface area contributed by atoms with Crippen LogP contribution >= 0.6 is 36.6 Å². The predicted octanol–water partition coefficient (Wildman–Crippen LogP) is 6.74. The van der Waals surface area contributed by atoms with Gasteiger partial charge < -0.3 is 33.5 Å². The van der Waals surface area contributed by atoms with Crippen molar-refractivity contribution in [2.75, 3.05) is 79.2 Å². The molecule has 0 saturated carbocycles. The largest absolute Gasteiger partial charge is 0.497 e. The van der Waals surface area contributed by atoms with Gasteiger partial charge in [0.15, 0.2) is 11.5 Å². The molecule has 47 heavy (non-hydrogen) atoms. The Labute approximate surface area is 295 Å². The highest BCUT2D eigenvalue weighted by Gasteiger charge is 2.36. The van der Waals surface area contributed by atoms with Gasteiger partial charge in [-0.3, -0.25) is 9.69 Å². The average Bonchev–Trinajstić information content (AvgIpc) is 3.47. The number of ether oxygens (including phenoxy) is 5. The van der Waals surface area contributed by atoms with Gasteiger partial charge in [-0.1, -0.05) is 23.9 Å². The fourth-order valence-electron chi connectivity index (χ4n) is 5.99. The second-order valence-electron chi connectivity index (χ2n) is 11.3. The highest BCUT2D eigenvalue weighted by atomic mass is 35.5. The second kappa shape index (κ2) is 18.5. The van der Waals surface area contributed by atoms with E-state index in [0.29, 0.717) is 23.9 Å². The highest BCUT2D eigenvalue weighted by molar-refractivity contribution is 8.00. The Morgan fingerprint density at radius 1 is 0.787 bits per heavy atom. The molecule has 2 heterocycles. The van der Waals surface area contributed by atoms with Crippen LogP contribution in [-0.2, 0) is 11.2 Å². The van der Waals surface area contributed by atoms with Crippen molar-refractivity contribution in [2.45, 2.75) is 36.5 Å². The maximum Gasteiger partial charge on any atom is 0.225 e. The summed E-state index contributed by atoms with van der Waals surface area (Å²) in [6.07, 6.45) is 2.96. The molecule has 1 saturated heterocycles. The summed E-state index contributed by atoms with van der Waals surface area (Å²) >= 11 is 1.67. The van der Waals surface area contributed by atoms with Gasteiger partial charge in [0, 0.05) is 50.1 Å². The van der Waals surface area contributed by atoms with Gasteiger partial charge in [-0.05, 0) is 73.8 Å². The molecule has 0 aliphatic carbocycles. The number of unbranched alkanes of at least 4 members (excludes halogenated alkanes) is 1. The SMILES string of the molecule is COc1ccc(OCCCCN2CCN(CCc3cc(OC)c(OC)c(OC)c3)CC2)c(C2Sc3ccccc3N2C(C)=O)c1.Cl.Cl. The van der Waals surface area contributed by atoms with E-state index in [4.69, 9.17) is 23.7 Å². The Morgan fingerprint density at radius 3 is 2.06 bits per heavy atom. The molecule has 0 spiro atoms. The number of fused-ring (bicyclic) bond motifs is 1. The minimum atomic E-state index is -0.199. The Bertz CT molecular complexity index is 1430. The molecule has 0 bridgehead atoms. The molecule has 1 unspecified atom stereocenters. The van der Waals surface area contributed by atoms with Crippen molar-refractivity contribution < 1.29 is 28.5 Å². The quantitative estimate of drug-likeness (QED) is 0.169. The van der Waals surface area contributed by atoms with E-state index < -0.39 is 0 Å². The minimum absolute atomic E-state index is 0. The monoisotopic (exact) mass is 707 g/mol. The molecule has 2 aliphatic rings. The number of hydrogen-bond acceptors (Lipinski definition) is 9. The lowest BCUT2D eigenvalue weighted by molar-refractivity contribution is -0.116. The highest BCUT2D eigenvalue weighted by Crippen LogP contribution is 2.53. The predicted molar refractivity (Wildman–Crippen MR) is 193 cm³/mol. The molecule has 3 aromatic rings. The zero-order valence-electron chi connectivity index (χ0n) is 27.9. The number of methoxy groups -OCH3 is 4. The summed E-state index contributed by atoms with van der Waals surface area (Å²) in [7, 11) is 6.60. The van der Waals surface area contributed by atoms with E-state index in [9.17, 15) is 4.79 Å². The Balaban J connectivity index is 0.00000300. The number of benzene rings is 3. The van der Waals surface area contributed by atoms with E-state index in [1.54, 1.807) is 47.1 Å². The number of amides is 1. The van der Waals surface area contributed by atoms with E-state index in [-0.39, 0.29) is 36.1 Å². The van der Waals surface area contributed by atoms with Crippen LogP contribution in [0.3, 0.4) is 0 Å². The lowest BCUT2D eigenvalue weighted by Crippen LogP contribution is -2.47. The number of halogens is 2. The van der Waals surface area contributed by atoms with Crippen molar-refractivity contribution in [2.24, 2.45) is 0 Å². The molecule has 5 rings (SSSR count). The molecule has 1 amide bonds. The Morgan fingerprint density at radius 2 is 1.45 bits per heavy atom.